The number of hydrogen-bond donors (Lipinski definition) is 0. The first kappa shape index (κ1) is 18.2. The Morgan fingerprint density at radius 2 is 1.59 bits per heavy atom. The van der Waals surface area contributed by atoms with E-state index < -0.39 is 0 Å². The van der Waals surface area contributed by atoms with E-state index in [-0.39, 0.29) is 5.41 Å². The van der Waals surface area contributed by atoms with Crippen molar-refractivity contribution < 1.29 is 0 Å². The van der Waals surface area contributed by atoms with Gasteiger partial charge in [0.05, 0.1) is 0 Å². The summed E-state index contributed by atoms with van der Waals surface area (Å²) >= 11 is 2.39. The molecule has 0 amide bonds. The van der Waals surface area contributed by atoms with Gasteiger partial charge < -0.3 is 0 Å². The average molecular weight is 462 g/mol. The molecule has 3 aromatic carbocycles. The Hall–Kier alpha value is -2.13. The first-order valence-electron chi connectivity index (χ1n) is 9.29. The van der Waals surface area contributed by atoms with Crippen molar-refractivity contribution in [2.75, 3.05) is 0 Å². The molecule has 0 N–H and O–H groups in total. The first-order valence-corrected chi connectivity index (χ1v) is 10.4. The minimum absolute atomic E-state index is 0.0429. The van der Waals surface area contributed by atoms with Gasteiger partial charge in [-0.3, -0.25) is 0 Å². The van der Waals surface area contributed by atoms with Crippen molar-refractivity contribution >= 4 is 38.9 Å². The van der Waals surface area contributed by atoms with E-state index in [1.54, 1.807) is 0 Å². The number of rotatable bonds is 2. The van der Waals surface area contributed by atoms with Gasteiger partial charge in [0.1, 0.15) is 0 Å². The Balaban J connectivity index is 1.84. The zero-order valence-electron chi connectivity index (χ0n) is 16.0. The lowest BCUT2D eigenvalue weighted by molar-refractivity contribution is 0.661. The van der Waals surface area contributed by atoms with Crippen molar-refractivity contribution in [3.63, 3.8) is 0 Å². The molecule has 0 saturated heterocycles. The van der Waals surface area contributed by atoms with E-state index in [9.17, 15) is 0 Å². The van der Waals surface area contributed by atoms with E-state index in [0.29, 0.717) is 0 Å². The molecule has 1 heteroatoms. The summed E-state index contributed by atoms with van der Waals surface area (Å²) in [5.41, 5.74) is 7.59. The van der Waals surface area contributed by atoms with Gasteiger partial charge in [-0.25, -0.2) is 0 Å². The van der Waals surface area contributed by atoms with Crippen LogP contribution >= 0.6 is 22.6 Å². The summed E-state index contributed by atoms with van der Waals surface area (Å²) in [4.78, 5) is 0. The average Bonchev–Trinajstić information content (AvgIpc) is 2.87. The van der Waals surface area contributed by atoms with Crippen molar-refractivity contribution in [2.45, 2.75) is 26.2 Å². The van der Waals surface area contributed by atoms with Crippen LogP contribution in [0, 0.1) is 0 Å². The fourth-order valence-corrected chi connectivity index (χ4v) is 4.34. The van der Waals surface area contributed by atoms with Gasteiger partial charge in [-0.1, -0.05) is 75.0 Å². The smallest absolute Gasteiger partial charge is 0.0159 e. The van der Waals surface area contributed by atoms with Gasteiger partial charge in [-0.05, 0) is 91.9 Å². The molecule has 134 valence electrons. The highest BCUT2D eigenvalue weighted by Gasteiger charge is 2.37. The van der Waals surface area contributed by atoms with E-state index in [1.165, 1.54) is 42.2 Å². The lowest BCUT2D eigenvalue weighted by atomic mass is 9.81. The summed E-state index contributed by atoms with van der Waals surface area (Å²) in [5.74, 6) is 0. The zero-order valence-corrected chi connectivity index (χ0v) is 18.2. The predicted molar refractivity (Wildman–Crippen MR) is 127 cm³/mol. The molecule has 0 heterocycles. The second-order valence-corrected chi connectivity index (χ2v) is 8.90. The van der Waals surface area contributed by atoms with Crippen LogP contribution in [-0.2, 0) is 5.41 Å². The predicted octanol–water partition coefficient (Wildman–Crippen LogP) is 8.08. The molecule has 0 aliphatic heterocycles. The number of benzene rings is 3. The Morgan fingerprint density at radius 1 is 0.926 bits per heavy atom. The van der Waals surface area contributed by atoms with E-state index in [4.69, 9.17) is 0 Å². The lowest BCUT2D eigenvalue weighted by Crippen LogP contribution is -2.15. The van der Waals surface area contributed by atoms with Gasteiger partial charge >= 0.3 is 0 Å². The van der Waals surface area contributed by atoms with Crippen LogP contribution in [0.3, 0.4) is 0 Å². The summed E-state index contributed by atoms with van der Waals surface area (Å²) in [7, 11) is 0. The van der Waals surface area contributed by atoms with Crippen LogP contribution in [0.25, 0.3) is 27.5 Å². The molecule has 0 atom stereocenters. The molecule has 0 unspecified atom stereocenters. The highest BCUT2D eigenvalue weighted by Crippen LogP contribution is 2.50. The monoisotopic (exact) mass is 462 g/mol. The second-order valence-electron chi connectivity index (χ2n) is 7.66. The van der Waals surface area contributed by atoms with Gasteiger partial charge in [0.25, 0.3) is 0 Å². The molecular formula is C26H23I. The van der Waals surface area contributed by atoms with Crippen LogP contribution < -0.4 is 0 Å². The number of fused-ring (bicyclic) bond motifs is 2. The molecule has 0 bridgehead atoms. The normalized spacial score (nSPS) is 17.6. The number of hydrogen-bond acceptors (Lipinski definition) is 0. The van der Waals surface area contributed by atoms with Crippen molar-refractivity contribution in [2.24, 2.45) is 0 Å². The molecule has 0 spiro atoms. The second kappa shape index (κ2) is 6.79. The van der Waals surface area contributed by atoms with Gasteiger partial charge in [0.15, 0.2) is 0 Å². The van der Waals surface area contributed by atoms with Crippen molar-refractivity contribution in [1.29, 1.82) is 0 Å². The third-order valence-corrected chi connectivity index (χ3v) is 6.59. The maximum atomic E-state index is 4.40. The molecule has 1 aliphatic rings. The standard InChI is InChI=1S/C26H23I/c1-5-22(27)16-24-17(2)23-13-12-21(15-25(23)26(24,3)4)20-11-10-18-8-6-7-9-19(18)14-20/h5-16H,2H2,1,3-4H3/b22-5+,24-16+. The molecular weight excluding hydrogens is 439 g/mol. The first-order chi connectivity index (χ1) is 12.9. The van der Waals surface area contributed by atoms with Crippen LogP contribution in [-0.4, -0.2) is 0 Å². The SMILES string of the molecule is C=C1/C(=C\C(I)=C/C)C(C)(C)c2cc(-c3ccc4ccccc4c3)ccc21. The summed E-state index contributed by atoms with van der Waals surface area (Å²) in [6, 6.07) is 22.1. The van der Waals surface area contributed by atoms with Crippen molar-refractivity contribution in [1.82, 2.24) is 0 Å². The Labute approximate surface area is 175 Å². The Bertz CT molecular complexity index is 1130. The van der Waals surface area contributed by atoms with Gasteiger partial charge in [-0.15, -0.1) is 0 Å². The molecule has 0 aromatic heterocycles. The number of halogens is 1. The largest absolute Gasteiger partial charge is 0.0908 e. The van der Waals surface area contributed by atoms with Crippen LogP contribution in [0.5, 0.6) is 0 Å². The summed E-state index contributed by atoms with van der Waals surface area (Å²) in [5, 5.41) is 2.56. The maximum absolute atomic E-state index is 4.40. The lowest BCUT2D eigenvalue weighted by Gasteiger charge is -2.22. The van der Waals surface area contributed by atoms with Crippen molar-refractivity contribution in [3.05, 3.63) is 99.7 Å². The summed E-state index contributed by atoms with van der Waals surface area (Å²) < 4.78 is 1.25. The molecule has 4 rings (SSSR count). The molecule has 0 fully saturated rings. The molecule has 3 aromatic rings. The van der Waals surface area contributed by atoms with Crippen molar-refractivity contribution in [3.8, 4) is 11.1 Å². The maximum Gasteiger partial charge on any atom is 0.0159 e. The fraction of sp³-hybridized carbons (Fsp3) is 0.154. The van der Waals surface area contributed by atoms with E-state index in [1.807, 2.05) is 0 Å². The van der Waals surface area contributed by atoms with Gasteiger partial charge in [0.2, 0.25) is 0 Å². The molecule has 1 aliphatic carbocycles. The topological polar surface area (TPSA) is 0 Å². The van der Waals surface area contributed by atoms with Gasteiger partial charge in [-0.2, -0.15) is 0 Å². The highest BCUT2D eigenvalue weighted by atomic mass is 127. The highest BCUT2D eigenvalue weighted by molar-refractivity contribution is 14.1. The minimum Gasteiger partial charge on any atom is -0.0908 e. The quantitative estimate of drug-likeness (QED) is 0.338. The van der Waals surface area contributed by atoms with E-state index in [2.05, 4.69) is 123 Å². The summed E-state index contributed by atoms with van der Waals surface area (Å²) in [6.07, 6.45) is 4.42. The zero-order chi connectivity index (χ0) is 19.2. The van der Waals surface area contributed by atoms with E-state index >= 15 is 0 Å². The summed E-state index contributed by atoms with van der Waals surface area (Å²) in [6.45, 7) is 11.1. The molecule has 0 saturated carbocycles. The third-order valence-electron chi connectivity index (χ3n) is 5.66. The van der Waals surface area contributed by atoms with Gasteiger partial charge in [0, 0.05) is 8.99 Å². The third kappa shape index (κ3) is 3.08. The van der Waals surface area contributed by atoms with Crippen LogP contribution in [0.1, 0.15) is 31.9 Å². The minimum atomic E-state index is -0.0429. The van der Waals surface area contributed by atoms with Crippen LogP contribution in [0.4, 0.5) is 0 Å². The van der Waals surface area contributed by atoms with Crippen LogP contribution in [0.2, 0.25) is 0 Å². The van der Waals surface area contributed by atoms with Crippen LogP contribution in [0.15, 0.2) is 88.5 Å². The molecule has 0 radical (unpaired) electrons. The fourth-order valence-electron chi connectivity index (χ4n) is 4.03. The van der Waals surface area contributed by atoms with E-state index in [0.717, 1.165) is 5.57 Å². The number of allylic oxidation sites excluding steroid dienone is 5. The Morgan fingerprint density at radius 3 is 2.33 bits per heavy atom. The molecule has 27 heavy (non-hydrogen) atoms. The molecule has 0 nitrogen and oxygen atoms in total. The Kier molecular flexibility index (Phi) is 4.59.